The number of anilines is 1. The van der Waals surface area contributed by atoms with Crippen LogP contribution in [0.4, 0.5) is 11.4 Å². The average molecular weight is 404 g/mol. The lowest BCUT2D eigenvalue weighted by molar-refractivity contribution is -0.385. The second-order valence-electron chi connectivity index (χ2n) is 5.75. The zero-order valence-corrected chi connectivity index (χ0v) is 16.3. The molecule has 0 aromatic heterocycles. The van der Waals surface area contributed by atoms with Gasteiger partial charge in [0.2, 0.25) is 5.75 Å². The highest BCUT2D eigenvalue weighted by Gasteiger charge is 2.20. The van der Waals surface area contributed by atoms with Gasteiger partial charge in [0.25, 0.3) is 11.6 Å². The Balaban J connectivity index is 2.08. The summed E-state index contributed by atoms with van der Waals surface area (Å²) in [5.74, 6) is -0.416. The highest BCUT2D eigenvalue weighted by Crippen LogP contribution is 2.39. The Morgan fingerprint density at radius 1 is 1.07 bits per heavy atom. The summed E-state index contributed by atoms with van der Waals surface area (Å²) in [4.78, 5) is 34.7. The van der Waals surface area contributed by atoms with Crippen molar-refractivity contribution >= 4 is 23.3 Å². The molecule has 0 radical (unpaired) electrons. The van der Waals surface area contributed by atoms with E-state index >= 15 is 0 Å². The molecule has 10 heteroatoms. The van der Waals surface area contributed by atoms with Crippen LogP contribution in [0, 0.1) is 17.0 Å². The number of ether oxygens (including phenoxy) is 4. The van der Waals surface area contributed by atoms with Crippen molar-refractivity contribution in [3.63, 3.8) is 0 Å². The summed E-state index contributed by atoms with van der Waals surface area (Å²) >= 11 is 0. The fourth-order valence-corrected chi connectivity index (χ4v) is 2.60. The molecule has 0 fully saturated rings. The van der Waals surface area contributed by atoms with Crippen molar-refractivity contribution in [2.24, 2.45) is 0 Å². The van der Waals surface area contributed by atoms with Gasteiger partial charge in [-0.3, -0.25) is 14.9 Å². The Bertz CT molecular complexity index is 917. The van der Waals surface area contributed by atoms with Gasteiger partial charge in [-0.05, 0) is 13.0 Å². The summed E-state index contributed by atoms with van der Waals surface area (Å²) < 4.78 is 20.6. The van der Waals surface area contributed by atoms with Gasteiger partial charge in [0.15, 0.2) is 18.1 Å². The SMILES string of the molecule is COc1cc(NC(=O)COC(=O)c2cccc([N+](=O)[O-])c2C)cc(OC)c1OC. The van der Waals surface area contributed by atoms with Crippen molar-refractivity contribution in [3.8, 4) is 17.2 Å². The maximum atomic E-state index is 12.2. The number of esters is 1. The van der Waals surface area contributed by atoms with Gasteiger partial charge in [-0.2, -0.15) is 0 Å². The number of nitro benzene ring substituents is 1. The van der Waals surface area contributed by atoms with Gasteiger partial charge in [0.1, 0.15) is 0 Å². The Morgan fingerprint density at radius 3 is 2.21 bits per heavy atom. The number of amides is 1. The largest absolute Gasteiger partial charge is 0.493 e. The number of carbonyl (C=O) groups is 2. The van der Waals surface area contributed by atoms with Crippen LogP contribution in [-0.4, -0.2) is 44.7 Å². The fourth-order valence-electron chi connectivity index (χ4n) is 2.60. The highest BCUT2D eigenvalue weighted by molar-refractivity contribution is 5.97. The molecule has 0 aliphatic rings. The van der Waals surface area contributed by atoms with E-state index in [2.05, 4.69) is 5.32 Å². The number of nitrogens with zero attached hydrogens (tertiary/aromatic N) is 1. The van der Waals surface area contributed by atoms with Crippen LogP contribution < -0.4 is 19.5 Å². The first-order chi connectivity index (χ1) is 13.8. The van der Waals surface area contributed by atoms with Crippen molar-refractivity contribution in [2.75, 3.05) is 33.3 Å². The maximum Gasteiger partial charge on any atom is 0.339 e. The maximum absolute atomic E-state index is 12.2. The third kappa shape index (κ3) is 4.92. The number of hydrogen-bond acceptors (Lipinski definition) is 8. The van der Waals surface area contributed by atoms with Crippen LogP contribution in [-0.2, 0) is 9.53 Å². The minimum Gasteiger partial charge on any atom is -0.493 e. The van der Waals surface area contributed by atoms with Gasteiger partial charge >= 0.3 is 5.97 Å². The second-order valence-corrected chi connectivity index (χ2v) is 5.75. The molecule has 0 unspecified atom stereocenters. The Hall–Kier alpha value is -3.82. The lowest BCUT2D eigenvalue weighted by atomic mass is 10.1. The molecule has 29 heavy (non-hydrogen) atoms. The number of carbonyl (C=O) groups excluding carboxylic acids is 2. The number of benzene rings is 2. The third-order valence-electron chi connectivity index (χ3n) is 4.00. The summed E-state index contributed by atoms with van der Waals surface area (Å²) in [7, 11) is 4.33. The number of methoxy groups -OCH3 is 3. The van der Waals surface area contributed by atoms with Crippen LogP contribution in [0.15, 0.2) is 30.3 Å². The quantitative estimate of drug-likeness (QED) is 0.404. The normalized spacial score (nSPS) is 10.1. The van der Waals surface area contributed by atoms with Crippen LogP contribution in [0.5, 0.6) is 17.2 Å². The number of nitro groups is 1. The first kappa shape index (κ1) is 21.5. The number of hydrogen-bond donors (Lipinski definition) is 1. The molecule has 0 saturated heterocycles. The topological polar surface area (TPSA) is 126 Å². The highest BCUT2D eigenvalue weighted by atomic mass is 16.6. The molecule has 0 aliphatic heterocycles. The number of nitrogens with one attached hydrogen (secondary N) is 1. The van der Waals surface area contributed by atoms with E-state index in [0.29, 0.717) is 22.9 Å². The van der Waals surface area contributed by atoms with Gasteiger partial charge in [-0.1, -0.05) is 6.07 Å². The van der Waals surface area contributed by atoms with Gasteiger partial charge in [-0.15, -0.1) is 0 Å². The van der Waals surface area contributed by atoms with E-state index in [4.69, 9.17) is 18.9 Å². The zero-order valence-electron chi connectivity index (χ0n) is 16.3. The molecule has 2 aromatic carbocycles. The Kier molecular flexibility index (Phi) is 6.96. The van der Waals surface area contributed by atoms with Crippen molar-refractivity contribution < 1.29 is 33.5 Å². The molecule has 154 valence electrons. The van der Waals surface area contributed by atoms with E-state index in [9.17, 15) is 19.7 Å². The predicted octanol–water partition coefficient (Wildman–Crippen LogP) is 2.72. The monoisotopic (exact) mass is 404 g/mol. The minimum atomic E-state index is -0.841. The molecule has 0 aliphatic carbocycles. The summed E-state index contributed by atoms with van der Waals surface area (Å²) in [5, 5.41) is 13.5. The molecule has 0 atom stereocenters. The van der Waals surface area contributed by atoms with Crippen LogP contribution in [0.1, 0.15) is 15.9 Å². The molecule has 1 amide bonds. The van der Waals surface area contributed by atoms with E-state index in [0.717, 1.165) is 0 Å². The van der Waals surface area contributed by atoms with E-state index < -0.39 is 23.4 Å². The van der Waals surface area contributed by atoms with Crippen molar-refractivity contribution in [1.82, 2.24) is 0 Å². The van der Waals surface area contributed by atoms with Gasteiger partial charge in [-0.25, -0.2) is 4.79 Å². The van der Waals surface area contributed by atoms with Crippen LogP contribution in [0.25, 0.3) is 0 Å². The molecule has 10 nitrogen and oxygen atoms in total. The Morgan fingerprint density at radius 2 is 1.69 bits per heavy atom. The summed E-state index contributed by atoms with van der Waals surface area (Å²) in [5.41, 5.74) is 0.306. The molecule has 0 heterocycles. The van der Waals surface area contributed by atoms with Crippen LogP contribution in [0.3, 0.4) is 0 Å². The van der Waals surface area contributed by atoms with E-state index in [1.165, 1.54) is 58.6 Å². The van der Waals surface area contributed by atoms with Gasteiger partial charge in [0, 0.05) is 29.4 Å². The lowest BCUT2D eigenvalue weighted by Crippen LogP contribution is -2.21. The molecule has 2 aromatic rings. The second kappa shape index (κ2) is 9.40. The van der Waals surface area contributed by atoms with E-state index in [1.54, 1.807) is 0 Å². The summed E-state index contributed by atoms with van der Waals surface area (Å²) in [6.07, 6.45) is 0. The van der Waals surface area contributed by atoms with Gasteiger partial charge in [0.05, 0.1) is 31.8 Å². The molecule has 0 bridgehead atoms. The van der Waals surface area contributed by atoms with E-state index in [1.807, 2.05) is 0 Å². The number of rotatable bonds is 8. The summed E-state index contributed by atoms with van der Waals surface area (Å²) in [6.45, 7) is 0.850. The lowest BCUT2D eigenvalue weighted by Gasteiger charge is -2.14. The molecule has 0 spiro atoms. The van der Waals surface area contributed by atoms with Gasteiger partial charge < -0.3 is 24.3 Å². The van der Waals surface area contributed by atoms with E-state index in [-0.39, 0.29) is 16.8 Å². The van der Waals surface area contributed by atoms with Crippen molar-refractivity contribution in [2.45, 2.75) is 6.92 Å². The molecular weight excluding hydrogens is 384 g/mol. The molecule has 1 N–H and O–H groups in total. The van der Waals surface area contributed by atoms with Crippen LogP contribution >= 0.6 is 0 Å². The molecule has 0 saturated carbocycles. The zero-order chi connectivity index (χ0) is 21.6. The molecule has 2 rings (SSSR count). The minimum absolute atomic E-state index is 0.0137. The third-order valence-corrected chi connectivity index (χ3v) is 4.00. The average Bonchev–Trinajstić information content (AvgIpc) is 2.71. The molecular formula is C19H20N2O8. The first-order valence-electron chi connectivity index (χ1n) is 8.33. The smallest absolute Gasteiger partial charge is 0.339 e. The first-order valence-corrected chi connectivity index (χ1v) is 8.33. The van der Waals surface area contributed by atoms with Crippen molar-refractivity contribution in [1.29, 1.82) is 0 Å². The van der Waals surface area contributed by atoms with Crippen LogP contribution in [0.2, 0.25) is 0 Å². The fraction of sp³-hybridized carbons (Fsp3) is 0.263. The predicted molar refractivity (Wildman–Crippen MR) is 103 cm³/mol. The standard InChI is InChI=1S/C19H20N2O8/c1-11-13(6-5-7-14(11)21(24)25)19(23)29-10-17(22)20-12-8-15(26-2)18(28-4)16(9-12)27-3/h5-9H,10H2,1-4H3,(H,20,22). The Labute approximate surface area is 166 Å². The van der Waals surface area contributed by atoms with Crippen molar-refractivity contribution in [3.05, 3.63) is 51.6 Å². The summed E-state index contributed by atoms with van der Waals surface area (Å²) in [6, 6.07) is 7.08.